The van der Waals surface area contributed by atoms with Crippen LogP contribution in [0, 0.1) is 11.8 Å². The lowest BCUT2D eigenvalue weighted by Gasteiger charge is -2.50. The van der Waals surface area contributed by atoms with E-state index < -0.39 is 0 Å². The largest absolute Gasteiger partial charge is 0.465 e. The van der Waals surface area contributed by atoms with Crippen molar-refractivity contribution < 1.29 is 9.53 Å². The van der Waals surface area contributed by atoms with Gasteiger partial charge < -0.3 is 10.1 Å². The van der Waals surface area contributed by atoms with E-state index in [0.29, 0.717) is 17.5 Å². The molecule has 1 N–H and O–H groups in total. The number of esters is 1. The molecule has 1 aromatic carbocycles. The lowest BCUT2D eigenvalue weighted by atomic mass is 9.61. The summed E-state index contributed by atoms with van der Waals surface area (Å²) in [6.45, 7) is 6.97. The topological polar surface area (TPSA) is 38.3 Å². The zero-order chi connectivity index (χ0) is 15.2. The second-order valence-corrected chi connectivity index (χ2v) is 7.22. The van der Waals surface area contributed by atoms with Crippen LogP contribution in [-0.2, 0) is 10.2 Å². The van der Waals surface area contributed by atoms with Gasteiger partial charge in [0.05, 0.1) is 18.4 Å². The van der Waals surface area contributed by atoms with Crippen LogP contribution in [0.1, 0.15) is 56.0 Å². The van der Waals surface area contributed by atoms with Crippen LogP contribution in [0.3, 0.4) is 0 Å². The van der Waals surface area contributed by atoms with Crippen LogP contribution >= 0.6 is 0 Å². The Labute approximate surface area is 127 Å². The molecule has 3 atom stereocenters. The molecular formula is C18H25NO2. The first-order valence-electron chi connectivity index (χ1n) is 7.93. The Balaban J connectivity index is 2.09. The molecule has 1 aromatic rings. The SMILES string of the molecule is COC(=O)c1cccc2c1N[C@@H]1C[C@@H](C)CC[C@H]1C2(C)C. The normalized spacial score (nSPS) is 29.8. The van der Waals surface area contributed by atoms with Crippen LogP contribution in [0.25, 0.3) is 0 Å². The minimum absolute atomic E-state index is 0.0927. The molecule has 0 saturated heterocycles. The summed E-state index contributed by atoms with van der Waals surface area (Å²) in [6.07, 6.45) is 3.75. The molecule has 0 unspecified atom stereocenters. The molecule has 1 aliphatic carbocycles. The van der Waals surface area contributed by atoms with Crippen molar-refractivity contribution in [2.24, 2.45) is 11.8 Å². The molecule has 0 bridgehead atoms. The quantitative estimate of drug-likeness (QED) is 0.794. The molecule has 1 heterocycles. The maximum absolute atomic E-state index is 12.1. The van der Waals surface area contributed by atoms with Gasteiger partial charge in [-0.05, 0) is 41.7 Å². The van der Waals surface area contributed by atoms with E-state index in [4.69, 9.17) is 4.74 Å². The highest BCUT2D eigenvalue weighted by atomic mass is 16.5. The number of hydrogen-bond donors (Lipinski definition) is 1. The molecule has 0 amide bonds. The summed E-state index contributed by atoms with van der Waals surface area (Å²) in [5.74, 6) is 1.13. The summed E-state index contributed by atoms with van der Waals surface area (Å²) in [7, 11) is 1.45. The number of nitrogens with one attached hydrogen (secondary N) is 1. The molecule has 0 radical (unpaired) electrons. The van der Waals surface area contributed by atoms with Crippen molar-refractivity contribution in [2.45, 2.75) is 51.5 Å². The van der Waals surface area contributed by atoms with Crippen molar-refractivity contribution in [3.63, 3.8) is 0 Å². The summed E-state index contributed by atoms with van der Waals surface area (Å²) in [5.41, 5.74) is 3.00. The molecule has 114 valence electrons. The minimum atomic E-state index is -0.252. The third-order valence-electron chi connectivity index (χ3n) is 5.53. The molecule has 3 heteroatoms. The number of fused-ring (bicyclic) bond motifs is 2. The first-order valence-corrected chi connectivity index (χ1v) is 7.93. The second kappa shape index (κ2) is 5.04. The van der Waals surface area contributed by atoms with Gasteiger partial charge in [0, 0.05) is 6.04 Å². The highest BCUT2D eigenvalue weighted by Gasteiger charge is 2.45. The predicted molar refractivity (Wildman–Crippen MR) is 84.7 cm³/mol. The van der Waals surface area contributed by atoms with Gasteiger partial charge in [0.2, 0.25) is 0 Å². The standard InChI is InChI=1S/C18H25NO2/c1-11-8-9-13-15(10-11)19-16-12(17(20)21-4)6-5-7-14(16)18(13,2)3/h5-7,11,13,15,19H,8-10H2,1-4H3/t11-,13+,15+/m0/s1. The summed E-state index contributed by atoms with van der Waals surface area (Å²) in [6, 6.07) is 6.45. The Morgan fingerprint density at radius 3 is 2.81 bits per heavy atom. The van der Waals surface area contributed by atoms with Crippen LogP contribution in [-0.4, -0.2) is 19.1 Å². The Morgan fingerprint density at radius 1 is 1.33 bits per heavy atom. The van der Waals surface area contributed by atoms with Gasteiger partial charge in [0.25, 0.3) is 0 Å². The van der Waals surface area contributed by atoms with Crippen LogP contribution < -0.4 is 5.32 Å². The molecular weight excluding hydrogens is 262 g/mol. The van der Waals surface area contributed by atoms with Gasteiger partial charge in [0.1, 0.15) is 0 Å². The molecule has 2 aliphatic rings. The first kappa shape index (κ1) is 14.4. The number of anilines is 1. The van der Waals surface area contributed by atoms with E-state index in [9.17, 15) is 4.79 Å². The van der Waals surface area contributed by atoms with Gasteiger partial charge >= 0.3 is 5.97 Å². The number of ether oxygens (including phenoxy) is 1. The molecule has 0 spiro atoms. The van der Waals surface area contributed by atoms with Gasteiger partial charge in [-0.2, -0.15) is 0 Å². The van der Waals surface area contributed by atoms with Crippen molar-refractivity contribution in [1.82, 2.24) is 0 Å². The molecule has 1 saturated carbocycles. The number of rotatable bonds is 1. The number of para-hydroxylation sites is 1. The Bertz CT molecular complexity index is 564. The lowest BCUT2D eigenvalue weighted by Crippen LogP contribution is -2.49. The van der Waals surface area contributed by atoms with Gasteiger partial charge in [-0.25, -0.2) is 4.79 Å². The molecule has 0 aromatic heterocycles. The zero-order valence-electron chi connectivity index (χ0n) is 13.4. The van der Waals surface area contributed by atoms with Crippen molar-refractivity contribution in [2.75, 3.05) is 12.4 Å². The van der Waals surface area contributed by atoms with Crippen molar-refractivity contribution in [3.8, 4) is 0 Å². The van der Waals surface area contributed by atoms with Crippen LogP contribution in [0.15, 0.2) is 18.2 Å². The fourth-order valence-electron chi connectivity index (χ4n) is 4.31. The van der Waals surface area contributed by atoms with Gasteiger partial charge in [0.15, 0.2) is 0 Å². The number of benzene rings is 1. The van der Waals surface area contributed by atoms with Gasteiger partial charge in [-0.1, -0.05) is 39.3 Å². The van der Waals surface area contributed by atoms with Gasteiger partial charge in [-0.15, -0.1) is 0 Å². The summed E-state index contributed by atoms with van der Waals surface area (Å²) < 4.78 is 4.95. The lowest BCUT2D eigenvalue weighted by molar-refractivity contribution is 0.0601. The molecule has 3 nitrogen and oxygen atoms in total. The molecule has 1 aliphatic heterocycles. The van der Waals surface area contributed by atoms with Crippen molar-refractivity contribution in [3.05, 3.63) is 29.3 Å². The number of methoxy groups -OCH3 is 1. The maximum atomic E-state index is 12.1. The van der Waals surface area contributed by atoms with E-state index in [1.54, 1.807) is 0 Å². The first-order chi connectivity index (χ1) is 9.95. The van der Waals surface area contributed by atoms with E-state index in [1.807, 2.05) is 12.1 Å². The third-order valence-corrected chi connectivity index (χ3v) is 5.53. The average molecular weight is 287 g/mol. The van der Waals surface area contributed by atoms with Gasteiger partial charge in [-0.3, -0.25) is 0 Å². The van der Waals surface area contributed by atoms with E-state index in [1.165, 1.54) is 31.9 Å². The number of hydrogen-bond acceptors (Lipinski definition) is 3. The smallest absolute Gasteiger partial charge is 0.339 e. The minimum Gasteiger partial charge on any atom is -0.465 e. The monoisotopic (exact) mass is 287 g/mol. The van der Waals surface area contributed by atoms with Crippen molar-refractivity contribution >= 4 is 11.7 Å². The zero-order valence-corrected chi connectivity index (χ0v) is 13.4. The van der Waals surface area contributed by atoms with Crippen molar-refractivity contribution in [1.29, 1.82) is 0 Å². The number of carbonyl (C=O) groups is 1. The third kappa shape index (κ3) is 2.23. The fourth-order valence-corrected chi connectivity index (χ4v) is 4.31. The fraction of sp³-hybridized carbons (Fsp3) is 0.611. The molecule has 1 fully saturated rings. The van der Waals surface area contributed by atoms with E-state index in [-0.39, 0.29) is 11.4 Å². The Kier molecular flexibility index (Phi) is 3.46. The summed E-state index contributed by atoms with van der Waals surface area (Å²) in [5, 5.41) is 3.67. The van der Waals surface area contributed by atoms with E-state index in [2.05, 4.69) is 32.2 Å². The summed E-state index contributed by atoms with van der Waals surface area (Å²) in [4.78, 5) is 12.1. The average Bonchev–Trinajstić information content (AvgIpc) is 2.45. The van der Waals surface area contributed by atoms with Crippen LogP contribution in [0.5, 0.6) is 0 Å². The second-order valence-electron chi connectivity index (χ2n) is 7.22. The Hall–Kier alpha value is -1.51. The molecule has 21 heavy (non-hydrogen) atoms. The highest BCUT2D eigenvalue weighted by molar-refractivity contribution is 5.97. The van der Waals surface area contributed by atoms with E-state index in [0.717, 1.165) is 11.6 Å². The van der Waals surface area contributed by atoms with Crippen LogP contribution in [0.4, 0.5) is 5.69 Å². The maximum Gasteiger partial charge on any atom is 0.339 e. The van der Waals surface area contributed by atoms with E-state index >= 15 is 0 Å². The highest BCUT2D eigenvalue weighted by Crippen LogP contribution is 2.49. The molecule has 3 rings (SSSR count). The summed E-state index contributed by atoms with van der Waals surface area (Å²) >= 11 is 0. The predicted octanol–water partition coefficient (Wildman–Crippen LogP) is 3.98. The number of carbonyl (C=O) groups excluding carboxylic acids is 1. The van der Waals surface area contributed by atoms with Crippen LogP contribution in [0.2, 0.25) is 0 Å². The Morgan fingerprint density at radius 2 is 2.10 bits per heavy atom.